The third kappa shape index (κ3) is 2.53. The third-order valence-electron chi connectivity index (χ3n) is 2.40. The van der Waals surface area contributed by atoms with Crippen molar-refractivity contribution in [2.24, 2.45) is 0 Å². The zero-order valence-electron chi connectivity index (χ0n) is 9.51. The summed E-state index contributed by atoms with van der Waals surface area (Å²) < 4.78 is 4.87. The molecule has 4 heteroatoms. The molecular formula is C13H13NO3. The summed E-state index contributed by atoms with van der Waals surface area (Å²) >= 11 is 0. The number of carbonyl (C=O) groups excluding carboxylic acids is 1. The van der Waals surface area contributed by atoms with Gasteiger partial charge in [0.15, 0.2) is 0 Å². The number of nitrogens with zero attached hydrogens (tertiary/aromatic N) is 1. The number of esters is 1. The van der Waals surface area contributed by atoms with Gasteiger partial charge >= 0.3 is 5.97 Å². The van der Waals surface area contributed by atoms with Crippen molar-refractivity contribution in [2.75, 3.05) is 6.61 Å². The predicted molar refractivity (Wildman–Crippen MR) is 63.7 cm³/mol. The first-order chi connectivity index (χ1) is 8.20. The molecule has 0 amide bonds. The quantitative estimate of drug-likeness (QED) is 0.821. The Morgan fingerprint density at radius 2 is 2.29 bits per heavy atom. The van der Waals surface area contributed by atoms with Gasteiger partial charge < -0.3 is 9.84 Å². The van der Waals surface area contributed by atoms with Crippen LogP contribution in [-0.4, -0.2) is 22.7 Å². The average Bonchev–Trinajstić information content (AvgIpc) is 2.29. The number of pyridine rings is 1. The lowest BCUT2D eigenvalue weighted by Gasteiger charge is -2.04. The fourth-order valence-electron chi connectivity index (χ4n) is 1.67. The molecular weight excluding hydrogens is 218 g/mol. The number of rotatable bonds is 3. The van der Waals surface area contributed by atoms with Gasteiger partial charge in [0.2, 0.25) is 0 Å². The molecule has 2 aromatic rings. The topological polar surface area (TPSA) is 59.4 Å². The molecule has 17 heavy (non-hydrogen) atoms. The Labute approximate surface area is 98.9 Å². The molecule has 0 aliphatic carbocycles. The van der Waals surface area contributed by atoms with Crippen molar-refractivity contribution in [3.05, 3.63) is 36.0 Å². The maximum atomic E-state index is 11.3. The molecule has 0 fully saturated rings. The number of phenols is 1. The van der Waals surface area contributed by atoms with E-state index in [-0.39, 0.29) is 18.1 Å². The number of benzene rings is 1. The van der Waals surface area contributed by atoms with Gasteiger partial charge in [0, 0.05) is 11.6 Å². The minimum absolute atomic E-state index is 0.144. The van der Waals surface area contributed by atoms with E-state index < -0.39 is 0 Å². The van der Waals surface area contributed by atoms with E-state index in [1.165, 1.54) is 0 Å². The number of carbonyl (C=O) groups is 1. The molecule has 88 valence electrons. The zero-order chi connectivity index (χ0) is 12.3. The van der Waals surface area contributed by atoms with Gasteiger partial charge in [0.05, 0.1) is 13.0 Å². The van der Waals surface area contributed by atoms with Crippen LogP contribution in [0.25, 0.3) is 10.9 Å². The second-order valence-electron chi connectivity index (χ2n) is 3.67. The van der Waals surface area contributed by atoms with E-state index in [0.717, 1.165) is 10.9 Å². The molecule has 0 bridgehead atoms. The highest BCUT2D eigenvalue weighted by molar-refractivity contribution is 5.85. The largest absolute Gasteiger partial charge is 0.506 e. The Balaban J connectivity index is 2.29. The third-order valence-corrected chi connectivity index (χ3v) is 2.40. The number of ether oxygens (including phenoxy) is 1. The lowest BCUT2D eigenvalue weighted by Crippen LogP contribution is -2.07. The van der Waals surface area contributed by atoms with E-state index in [2.05, 4.69) is 4.98 Å². The number of aromatic hydroxyl groups is 1. The fraction of sp³-hybridized carbons (Fsp3) is 0.231. The Morgan fingerprint density at radius 1 is 1.47 bits per heavy atom. The van der Waals surface area contributed by atoms with Crippen LogP contribution in [0.1, 0.15) is 12.5 Å². The monoisotopic (exact) mass is 231 g/mol. The molecule has 4 nitrogen and oxygen atoms in total. The van der Waals surface area contributed by atoms with Crippen LogP contribution in [0.4, 0.5) is 0 Å². The van der Waals surface area contributed by atoms with Crippen LogP contribution in [-0.2, 0) is 16.0 Å². The van der Waals surface area contributed by atoms with Gasteiger partial charge in [0.25, 0.3) is 0 Å². The summed E-state index contributed by atoms with van der Waals surface area (Å²) in [5.41, 5.74) is 1.32. The lowest BCUT2D eigenvalue weighted by molar-refractivity contribution is -0.142. The van der Waals surface area contributed by atoms with Gasteiger partial charge in [-0.25, -0.2) is 0 Å². The van der Waals surface area contributed by atoms with Crippen molar-refractivity contribution in [3.8, 4) is 5.75 Å². The molecule has 1 aromatic heterocycles. The summed E-state index contributed by atoms with van der Waals surface area (Å²) in [6.45, 7) is 2.15. The van der Waals surface area contributed by atoms with Crippen molar-refractivity contribution in [1.29, 1.82) is 0 Å². The predicted octanol–water partition coefficient (Wildman–Crippen LogP) is 2.05. The van der Waals surface area contributed by atoms with Crippen LogP contribution >= 0.6 is 0 Å². The van der Waals surface area contributed by atoms with E-state index in [1.807, 2.05) is 12.1 Å². The van der Waals surface area contributed by atoms with E-state index in [0.29, 0.717) is 12.1 Å². The number of para-hydroxylation sites is 1. The van der Waals surface area contributed by atoms with E-state index in [1.54, 1.807) is 25.3 Å². The molecule has 0 aliphatic heterocycles. The number of aromatic nitrogens is 1. The van der Waals surface area contributed by atoms with Crippen LogP contribution in [0.3, 0.4) is 0 Å². The maximum absolute atomic E-state index is 11.3. The minimum Gasteiger partial charge on any atom is -0.506 e. The van der Waals surface area contributed by atoms with Crippen molar-refractivity contribution in [2.45, 2.75) is 13.3 Å². The van der Waals surface area contributed by atoms with E-state index >= 15 is 0 Å². The molecule has 0 radical (unpaired) electrons. The molecule has 1 heterocycles. The molecule has 2 rings (SSSR count). The SMILES string of the molecule is CCOC(=O)Cc1cnc2c(O)cccc2c1. The standard InChI is InChI=1S/C13H13NO3/c1-2-17-12(16)7-9-6-10-4-3-5-11(15)13(10)14-8-9/h3-6,8,15H,2,7H2,1H3. The zero-order valence-corrected chi connectivity index (χ0v) is 9.51. The van der Waals surface area contributed by atoms with Crippen molar-refractivity contribution >= 4 is 16.9 Å². The first-order valence-corrected chi connectivity index (χ1v) is 5.43. The number of fused-ring (bicyclic) bond motifs is 1. The molecule has 0 aliphatic rings. The second-order valence-corrected chi connectivity index (χ2v) is 3.67. The molecule has 1 aromatic carbocycles. The Hall–Kier alpha value is -2.10. The Morgan fingerprint density at radius 3 is 3.06 bits per heavy atom. The van der Waals surface area contributed by atoms with Crippen molar-refractivity contribution in [3.63, 3.8) is 0 Å². The summed E-state index contributed by atoms with van der Waals surface area (Å²) in [5, 5.41) is 10.4. The van der Waals surface area contributed by atoms with E-state index in [9.17, 15) is 9.90 Å². The van der Waals surface area contributed by atoms with E-state index in [4.69, 9.17) is 4.74 Å². The van der Waals surface area contributed by atoms with Crippen LogP contribution < -0.4 is 0 Å². The minimum atomic E-state index is -0.270. The van der Waals surface area contributed by atoms with Gasteiger partial charge in [0.1, 0.15) is 11.3 Å². The normalized spacial score (nSPS) is 10.4. The van der Waals surface area contributed by atoms with Crippen LogP contribution in [0.15, 0.2) is 30.5 Å². The summed E-state index contributed by atoms with van der Waals surface area (Å²) in [7, 11) is 0. The van der Waals surface area contributed by atoms with Gasteiger partial charge in [-0.1, -0.05) is 12.1 Å². The number of phenolic OH excluding ortho intramolecular Hbond substituents is 1. The highest BCUT2D eigenvalue weighted by Crippen LogP contribution is 2.22. The molecule has 0 atom stereocenters. The van der Waals surface area contributed by atoms with Crippen molar-refractivity contribution < 1.29 is 14.6 Å². The Bertz CT molecular complexity index is 551. The first kappa shape index (κ1) is 11.4. The van der Waals surface area contributed by atoms with Gasteiger partial charge in [-0.2, -0.15) is 0 Å². The fourth-order valence-corrected chi connectivity index (χ4v) is 1.67. The number of hydrogen-bond donors (Lipinski definition) is 1. The summed E-state index contributed by atoms with van der Waals surface area (Å²) in [4.78, 5) is 15.5. The van der Waals surface area contributed by atoms with Crippen molar-refractivity contribution in [1.82, 2.24) is 4.98 Å². The molecule has 0 unspecified atom stereocenters. The summed E-state index contributed by atoms with van der Waals surface area (Å²) in [5.74, 6) is -0.126. The van der Waals surface area contributed by atoms with Gasteiger partial charge in [-0.3, -0.25) is 9.78 Å². The summed E-state index contributed by atoms with van der Waals surface area (Å²) in [6, 6.07) is 7.00. The molecule has 0 saturated carbocycles. The Kier molecular flexibility index (Phi) is 3.23. The highest BCUT2D eigenvalue weighted by atomic mass is 16.5. The molecule has 1 N–H and O–H groups in total. The summed E-state index contributed by atoms with van der Waals surface area (Å²) in [6.07, 6.45) is 1.78. The van der Waals surface area contributed by atoms with Gasteiger partial charge in [-0.15, -0.1) is 0 Å². The molecule has 0 spiro atoms. The lowest BCUT2D eigenvalue weighted by atomic mass is 10.1. The highest BCUT2D eigenvalue weighted by Gasteiger charge is 2.06. The van der Waals surface area contributed by atoms with Crippen LogP contribution in [0.2, 0.25) is 0 Å². The maximum Gasteiger partial charge on any atom is 0.310 e. The van der Waals surface area contributed by atoms with Crippen LogP contribution in [0.5, 0.6) is 5.75 Å². The van der Waals surface area contributed by atoms with Gasteiger partial charge in [-0.05, 0) is 24.6 Å². The molecule has 0 saturated heterocycles. The number of hydrogen-bond acceptors (Lipinski definition) is 4. The smallest absolute Gasteiger partial charge is 0.310 e. The van der Waals surface area contributed by atoms with Crippen LogP contribution in [0, 0.1) is 0 Å². The first-order valence-electron chi connectivity index (χ1n) is 5.43. The average molecular weight is 231 g/mol. The second kappa shape index (κ2) is 4.82.